The maximum Gasteiger partial charge on any atom is 0.355 e. The van der Waals surface area contributed by atoms with Gasteiger partial charge < -0.3 is 19.3 Å². The number of carboxylic acid groups (broad SMARTS) is 1. The molecule has 2 heterocycles. The Kier molecular flexibility index (Phi) is 14.4. The van der Waals surface area contributed by atoms with Gasteiger partial charge in [0.15, 0.2) is 0 Å². The van der Waals surface area contributed by atoms with Crippen LogP contribution in [0.15, 0.2) is 228 Å². The van der Waals surface area contributed by atoms with E-state index in [9.17, 15) is 24.3 Å². The molecule has 71 heavy (non-hydrogen) atoms. The largest absolute Gasteiger partial charge is 0.489 e. The number of carboxylic acids is 1. The minimum atomic E-state index is -1.16. The van der Waals surface area contributed by atoms with Crippen LogP contribution in [0.25, 0.3) is 43.8 Å². The molecule has 2 aromatic heterocycles. The molecular formula is C61H48N2O8. The van der Waals surface area contributed by atoms with Crippen molar-refractivity contribution in [2.24, 2.45) is 0 Å². The van der Waals surface area contributed by atoms with Crippen LogP contribution >= 0.6 is 0 Å². The van der Waals surface area contributed by atoms with Gasteiger partial charge in [-0.15, -0.1) is 0 Å². The van der Waals surface area contributed by atoms with Crippen molar-refractivity contribution in [1.29, 1.82) is 0 Å². The Hall–Kier alpha value is -9.28. The number of esters is 1. The number of aromatic carboxylic acids is 1. The predicted molar refractivity (Wildman–Crippen MR) is 278 cm³/mol. The van der Waals surface area contributed by atoms with Gasteiger partial charge in [-0.1, -0.05) is 182 Å². The van der Waals surface area contributed by atoms with Crippen LogP contribution in [0.2, 0.25) is 0 Å². The molecule has 10 aromatic rings. The van der Waals surface area contributed by atoms with E-state index in [0.717, 1.165) is 33.4 Å². The highest BCUT2D eigenvalue weighted by atomic mass is 16.5. The van der Waals surface area contributed by atoms with E-state index in [-0.39, 0.29) is 35.6 Å². The van der Waals surface area contributed by atoms with Gasteiger partial charge in [-0.25, -0.2) is 9.59 Å². The van der Waals surface area contributed by atoms with Crippen LogP contribution in [0.1, 0.15) is 43.2 Å². The number of aromatic nitrogens is 2. The van der Waals surface area contributed by atoms with E-state index in [1.54, 1.807) is 30.3 Å². The lowest BCUT2D eigenvalue weighted by Gasteiger charge is -2.19. The predicted octanol–water partition coefficient (Wildman–Crippen LogP) is 12.1. The molecule has 350 valence electrons. The number of fused-ring (bicyclic) bond motifs is 2. The molecule has 0 amide bonds. The highest BCUT2D eigenvalue weighted by molar-refractivity contribution is 6.08. The van der Waals surface area contributed by atoms with Crippen molar-refractivity contribution in [2.75, 3.05) is 7.11 Å². The molecule has 10 heteroatoms. The number of pyridine rings is 2. The van der Waals surface area contributed by atoms with E-state index >= 15 is 0 Å². The van der Waals surface area contributed by atoms with E-state index in [4.69, 9.17) is 14.2 Å². The zero-order valence-corrected chi connectivity index (χ0v) is 38.8. The van der Waals surface area contributed by atoms with Crippen LogP contribution in [0, 0.1) is 0 Å². The lowest BCUT2D eigenvalue weighted by molar-refractivity contribution is 0.0587. The fraction of sp³-hybridized carbons (Fsp3) is 0.0820. The number of nitrogens with zero attached hydrogens (tertiary/aromatic N) is 2. The SMILES string of the molecule is COC(=O)c1c(-c2ccccc2)c2cc(OCc3ccccc3)ccc2c(=O)n1Cc1ccccc1.O=C(O)c1c(-c2ccccc2)c2cc(OCc3ccccc3)ccc2c(=O)n1Cc1ccccc1. The Labute approximate surface area is 409 Å². The lowest BCUT2D eigenvalue weighted by atomic mass is 9.96. The monoisotopic (exact) mass is 936 g/mol. The van der Waals surface area contributed by atoms with Crippen LogP contribution in [-0.2, 0) is 31.0 Å². The minimum absolute atomic E-state index is 0.0437. The first kappa shape index (κ1) is 46.8. The maximum absolute atomic E-state index is 13.8. The summed E-state index contributed by atoms with van der Waals surface area (Å²) in [7, 11) is 1.33. The topological polar surface area (TPSA) is 126 Å². The molecule has 0 fully saturated rings. The highest BCUT2D eigenvalue weighted by Crippen LogP contribution is 2.35. The van der Waals surface area contributed by atoms with Crippen LogP contribution < -0.4 is 20.6 Å². The zero-order chi connectivity index (χ0) is 49.1. The normalized spacial score (nSPS) is 10.8. The minimum Gasteiger partial charge on any atom is -0.489 e. The Bertz CT molecular complexity index is 3580. The molecule has 0 unspecified atom stereocenters. The van der Waals surface area contributed by atoms with Gasteiger partial charge in [-0.2, -0.15) is 0 Å². The summed E-state index contributed by atoms with van der Waals surface area (Å²) in [5, 5.41) is 12.4. The number of methoxy groups -OCH3 is 1. The van der Waals surface area contributed by atoms with E-state index in [0.29, 0.717) is 57.4 Å². The number of hydrogen-bond acceptors (Lipinski definition) is 7. The fourth-order valence-corrected chi connectivity index (χ4v) is 8.67. The molecule has 0 radical (unpaired) electrons. The summed E-state index contributed by atoms with van der Waals surface area (Å²) in [6, 6.07) is 68.2. The Morgan fingerprint density at radius 1 is 0.423 bits per heavy atom. The lowest BCUT2D eigenvalue weighted by Crippen LogP contribution is -2.28. The first-order valence-corrected chi connectivity index (χ1v) is 23.0. The highest BCUT2D eigenvalue weighted by Gasteiger charge is 2.26. The van der Waals surface area contributed by atoms with Gasteiger partial charge in [0.25, 0.3) is 11.1 Å². The van der Waals surface area contributed by atoms with Gasteiger partial charge >= 0.3 is 11.9 Å². The first-order chi connectivity index (χ1) is 34.8. The molecule has 10 rings (SSSR count). The molecule has 0 aliphatic carbocycles. The second kappa shape index (κ2) is 21.8. The van der Waals surface area contributed by atoms with Crippen molar-refractivity contribution in [1.82, 2.24) is 9.13 Å². The van der Waals surface area contributed by atoms with Crippen LogP contribution in [-0.4, -0.2) is 33.3 Å². The fourth-order valence-electron chi connectivity index (χ4n) is 8.67. The number of benzene rings is 8. The molecule has 0 aliphatic rings. The summed E-state index contributed by atoms with van der Waals surface area (Å²) in [6.07, 6.45) is 0. The summed E-state index contributed by atoms with van der Waals surface area (Å²) >= 11 is 0. The molecule has 0 saturated heterocycles. The standard InChI is InChI=1S/C31H25NO4.C30H23NO4/c1-35-31(34)29-28(24-15-9-4-10-16-24)27-19-25(36-21-23-13-7-3-8-14-23)17-18-26(27)30(33)32(29)20-22-11-5-2-6-12-22;32-29-25-17-16-24(35-20-22-12-6-2-7-13-22)18-26(25)27(23-14-8-3-9-15-23)28(30(33)34)31(29)19-21-10-4-1-5-11-21/h2-19H,20-21H2,1H3;1-18H,19-20H2,(H,33,34). The van der Waals surface area contributed by atoms with Crippen molar-refractivity contribution in [3.63, 3.8) is 0 Å². The van der Waals surface area contributed by atoms with Gasteiger partial charge in [0.05, 0.1) is 20.2 Å². The average Bonchev–Trinajstić information content (AvgIpc) is 3.42. The summed E-state index contributed by atoms with van der Waals surface area (Å²) < 4.78 is 20.1. The molecule has 0 bridgehead atoms. The van der Waals surface area contributed by atoms with Crippen molar-refractivity contribution in [3.05, 3.63) is 273 Å². The van der Waals surface area contributed by atoms with E-state index in [1.165, 1.54) is 16.2 Å². The maximum atomic E-state index is 13.8. The Balaban J connectivity index is 0.000000176. The zero-order valence-electron chi connectivity index (χ0n) is 38.8. The van der Waals surface area contributed by atoms with Gasteiger partial charge in [-0.3, -0.25) is 18.7 Å². The quantitative estimate of drug-likeness (QED) is 0.107. The molecule has 0 spiro atoms. The summed E-state index contributed by atoms with van der Waals surface area (Å²) in [5.74, 6) is -0.552. The molecular weight excluding hydrogens is 889 g/mol. The third-order valence-electron chi connectivity index (χ3n) is 12.1. The Morgan fingerprint density at radius 3 is 1.13 bits per heavy atom. The van der Waals surface area contributed by atoms with Crippen molar-refractivity contribution >= 4 is 33.5 Å². The number of carbonyl (C=O) groups excluding carboxylic acids is 1. The Morgan fingerprint density at radius 2 is 0.761 bits per heavy atom. The van der Waals surface area contributed by atoms with Gasteiger partial charge in [-0.05, 0) is 69.8 Å². The summed E-state index contributed by atoms with van der Waals surface area (Å²) in [5.41, 5.74) is 6.02. The van der Waals surface area contributed by atoms with Crippen molar-refractivity contribution in [3.8, 4) is 33.8 Å². The average molecular weight is 937 g/mol. The molecule has 0 aliphatic heterocycles. The molecule has 1 N–H and O–H groups in total. The van der Waals surface area contributed by atoms with Crippen molar-refractivity contribution < 1.29 is 28.9 Å². The number of ether oxygens (including phenoxy) is 3. The number of carbonyl (C=O) groups is 2. The third-order valence-corrected chi connectivity index (χ3v) is 12.1. The van der Waals surface area contributed by atoms with E-state index in [2.05, 4.69) is 0 Å². The van der Waals surface area contributed by atoms with Crippen LogP contribution in [0.3, 0.4) is 0 Å². The van der Waals surface area contributed by atoms with Crippen LogP contribution in [0.5, 0.6) is 11.5 Å². The first-order valence-electron chi connectivity index (χ1n) is 23.0. The smallest absolute Gasteiger partial charge is 0.355 e. The van der Waals surface area contributed by atoms with Gasteiger partial charge in [0, 0.05) is 32.7 Å². The van der Waals surface area contributed by atoms with E-state index < -0.39 is 11.9 Å². The summed E-state index contributed by atoms with van der Waals surface area (Å²) in [4.78, 5) is 53.2. The summed E-state index contributed by atoms with van der Waals surface area (Å²) in [6.45, 7) is 1.15. The van der Waals surface area contributed by atoms with Gasteiger partial charge in [0.2, 0.25) is 0 Å². The van der Waals surface area contributed by atoms with Gasteiger partial charge in [0.1, 0.15) is 36.1 Å². The molecule has 8 aromatic carbocycles. The molecule has 0 saturated carbocycles. The second-order valence-electron chi connectivity index (χ2n) is 16.7. The van der Waals surface area contributed by atoms with Crippen LogP contribution in [0.4, 0.5) is 0 Å². The molecule has 10 nitrogen and oxygen atoms in total. The third kappa shape index (κ3) is 10.6. The number of rotatable bonds is 14. The van der Waals surface area contributed by atoms with E-state index in [1.807, 2.05) is 188 Å². The molecule has 0 atom stereocenters. The second-order valence-corrected chi connectivity index (χ2v) is 16.7. The number of hydrogen-bond donors (Lipinski definition) is 1. The van der Waals surface area contributed by atoms with Crippen molar-refractivity contribution in [2.45, 2.75) is 26.3 Å².